The molecule has 0 unspecified atom stereocenters. The summed E-state index contributed by atoms with van der Waals surface area (Å²) in [5.74, 6) is -0.265. The van der Waals surface area contributed by atoms with Crippen LogP contribution in [0.25, 0.3) is 11.0 Å². The number of methoxy groups -OCH3 is 1. The first-order valence-corrected chi connectivity index (χ1v) is 6.05. The van der Waals surface area contributed by atoms with Gasteiger partial charge in [0.15, 0.2) is 0 Å². The molecule has 0 radical (unpaired) electrons. The summed E-state index contributed by atoms with van der Waals surface area (Å²) in [5, 5.41) is 3.58. The van der Waals surface area contributed by atoms with Crippen LogP contribution in [0.2, 0.25) is 0 Å². The highest BCUT2D eigenvalue weighted by molar-refractivity contribution is 5.97. The second kappa shape index (κ2) is 4.38. The Kier molecular flexibility index (Phi) is 2.70. The highest BCUT2D eigenvalue weighted by Crippen LogP contribution is 2.30. The number of nitrogens with zero attached hydrogens (tertiary/aromatic N) is 1. The van der Waals surface area contributed by atoms with Gasteiger partial charge in [0.1, 0.15) is 11.3 Å². The van der Waals surface area contributed by atoms with Crippen LogP contribution in [0, 0.1) is 5.92 Å². The zero-order valence-corrected chi connectivity index (χ0v) is 10.4. The first-order chi connectivity index (χ1) is 9.17. The van der Waals surface area contributed by atoms with Gasteiger partial charge in [-0.2, -0.15) is 0 Å². The third-order valence-electron chi connectivity index (χ3n) is 3.09. The van der Waals surface area contributed by atoms with Gasteiger partial charge in [-0.05, 0) is 25.0 Å². The fraction of sp³-hybridized carbons (Fsp3) is 0.308. The van der Waals surface area contributed by atoms with E-state index in [4.69, 9.17) is 0 Å². The number of carbonyl (C=O) groups is 2. The van der Waals surface area contributed by atoms with Gasteiger partial charge in [0.2, 0.25) is 5.91 Å². The Hall–Kier alpha value is -2.37. The summed E-state index contributed by atoms with van der Waals surface area (Å²) < 4.78 is 4.63. The highest BCUT2D eigenvalue weighted by atomic mass is 16.5. The number of rotatable bonds is 3. The Labute approximate surface area is 109 Å². The molecule has 0 spiro atoms. The van der Waals surface area contributed by atoms with E-state index in [-0.39, 0.29) is 11.8 Å². The number of fused-ring (bicyclic) bond motifs is 1. The molecular weight excluding hydrogens is 246 g/mol. The molecule has 19 heavy (non-hydrogen) atoms. The highest BCUT2D eigenvalue weighted by Gasteiger charge is 2.29. The Morgan fingerprint density at radius 1 is 1.42 bits per heavy atom. The maximum Gasteiger partial charge on any atom is 0.354 e. The molecule has 0 aromatic carbocycles. The van der Waals surface area contributed by atoms with Gasteiger partial charge in [-0.25, -0.2) is 9.78 Å². The number of aromatic nitrogens is 2. The van der Waals surface area contributed by atoms with Crippen molar-refractivity contribution in [2.24, 2.45) is 5.92 Å². The van der Waals surface area contributed by atoms with Crippen molar-refractivity contribution in [3.63, 3.8) is 0 Å². The average Bonchev–Trinajstić information content (AvgIpc) is 3.17. The van der Waals surface area contributed by atoms with Crippen molar-refractivity contribution in [1.29, 1.82) is 0 Å². The smallest absolute Gasteiger partial charge is 0.354 e. The topological polar surface area (TPSA) is 84.1 Å². The Morgan fingerprint density at radius 3 is 2.89 bits per heavy atom. The molecule has 3 rings (SSSR count). The van der Waals surface area contributed by atoms with E-state index in [0.717, 1.165) is 18.2 Å². The fourth-order valence-corrected chi connectivity index (χ4v) is 1.89. The molecule has 1 fully saturated rings. The number of anilines is 1. The van der Waals surface area contributed by atoms with Gasteiger partial charge >= 0.3 is 5.97 Å². The van der Waals surface area contributed by atoms with Crippen LogP contribution in [0.1, 0.15) is 23.3 Å². The van der Waals surface area contributed by atoms with Crippen LogP contribution < -0.4 is 5.32 Å². The van der Waals surface area contributed by atoms with Gasteiger partial charge in [0, 0.05) is 11.3 Å². The van der Waals surface area contributed by atoms with Gasteiger partial charge in [0.25, 0.3) is 0 Å². The lowest BCUT2D eigenvalue weighted by molar-refractivity contribution is -0.117. The number of aromatic amines is 1. The molecule has 1 saturated carbocycles. The maximum absolute atomic E-state index is 11.6. The Balaban J connectivity index is 1.87. The predicted octanol–water partition coefficient (Wildman–Crippen LogP) is 1.70. The molecule has 2 aromatic rings. The molecule has 6 heteroatoms. The summed E-state index contributed by atoms with van der Waals surface area (Å²) in [6, 6.07) is 3.44. The number of pyridine rings is 1. The molecule has 2 N–H and O–H groups in total. The van der Waals surface area contributed by atoms with Crippen molar-refractivity contribution < 1.29 is 14.3 Å². The minimum absolute atomic E-state index is 0.0323. The van der Waals surface area contributed by atoms with Crippen molar-refractivity contribution in [3.8, 4) is 0 Å². The lowest BCUT2D eigenvalue weighted by Crippen LogP contribution is -2.13. The molecule has 1 aliphatic carbocycles. The molecule has 2 aromatic heterocycles. The van der Waals surface area contributed by atoms with E-state index in [0.29, 0.717) is 17.0 Å². The molecule has 1 amide bonds. The van der Waals surface area contributed by atoms with Crippen LogP contribution in [0.5, 0.6) is 0 Å². The third-order valence-corrected chi connectivity index (χ3v) is 3.09. The van der Waals surface area contributed by atoms with Crippen LogP contribution in [0.3, 0.4) is 0 Å². The standard InChI is InChI=1S/C13H13N3O3/c1-19-13(18)10-5-8-4-9(6-14-11(8)16-10)15-12(17)7-2-3-7/h4-7H,2-3H2,1H3,(H,14,16)(H,15,17). The minimum Gasteiger partial charge on any atom is -0.464 e. The number of hydrogen-bond donors (Lipinski definition) is 2. The second-order valence-electron chi connectivity index (χ2n) is 4.60. The van der Waals surface area contributed by atoms with Gasteiger partial charge in [-0.1, -0.05) is 0 Å². The number of nitrogens with one attached hydrogen (secondary N) is 2. The molecule has 1 aliphatic rings. The molecule has 98 valence electrons. The Morgan fingerprint density at radius 2 is 2.21 bits per heavy atom. The lowest BCUT2D eigenvalue weighted by atomic mass is 10.3. The summed E-state index contributed by atoms with van der Waals surface area (Å²) in [6.07, 6.45) is 3.48. The van der Waals surface area contributed by atoms with Crippen LogP contribution in [0.15, 0.2) is 18.3 Å². The number of esters is 1. The first-order valence-electron chi connectivity index (χ1n) is 6.05. The van der Waals surface area contributed by atoms with E-state index < -0.39 is 5.97 Å². The quantitative estimate of drug-likeness (QED) is 0.822. The Bertz CT molecular complexity index is 658. The van der Waals surface area contributed by atoms with E-state index in [9.17, 15) is 9.59 Å². The molecule has 0 bridgehead atoms. The molecule has 0 atom stereocenters. The second-order valence-corrected chi connectivity index (χ2v) is 4.60. The van der Waals surface area contributed by atoms with Crippen LogP contribution in [-0.2, 0) is 9.53 Å². The number of hydrogen-bond acceptors (Lipinski definition) is 4. The van der Waals surface area contributed by atoms with Gasteiger partial charge in [-0.3, -0.25) is 4.79 Å². The van der Waals surface area contributed by atoms with E-state index in [2.05, 4.69) is 20.0 Å². The van der Waals surface area contributed by atoms with Gasteiger partial charge in [-0.15, -0.1) is 0 Å². The number of carbonyl (C=O) groups excluding carboxylic acids is 2. The van der Waals surface area contributed by atoms with Crippen molar-refractivity contribution in [3.05, 3.63) is 24.0 Å². The third kappa shape index (κ3) is 2.29. The monoisotopic (exact) mass is 259 g/mol. The van der Waals surface area contributed by atoms with Crippen LogP contribution in [-0.4, -0.2) is 29.0 Å². The summed E-state index contributed by atoms with van der Waals surface area (Å²) in [6.45, 7) is 0. The normalized spacial score (nSPS) is 14.4. The van der Waals surface area contributed by atoms with Crippen LogP contribution >= 0.6 is 0 Å². The predicted molar refractivity (Wildman–Crippen MR) is 68.8 cm³/mol. The zero-order chi connectivity index (χ0) is 13.4. The number of amides is 1. The van der Waals surface area contributed by atoms with Crippen LogP contribution in [0.4, 0.5) is 5.69 Å². The van der Waals surface area contributed by atoms with E-state index >= 15 is 0 Å². The van der Waals surface area contributed by atoms with E-state index in [1.165, 1.54) is 7.11 Å². The molecular formula is C13H13N3O3. The largest absolute Gasteiger partial charge is 0.464 e. The summed E-state index contributed by atoms with van der Waals surface area (Å²) in [4.78, 5) is 30.1. The number of H-pyrrole nitrogens is 1. The van der Waals surface area contributed by atoms with Crippen molar-refractivity contribution in [1.82, 2.24) is 9.97 Å². The molecule has 0 aliphatic heterocycles. The summed E-state index contributed by atoms with van der Waals surface area (Å²) in [7, 11) is 1.32. The van der Waals surface area contributed by atoms with Gasteiger partial charge < -0.3 is 15.0 Å². The molecule has 6 nitrogen and oxygen atoms in total. The van der Waals surface area contributed by atoms with E-state index in [1.54, 1.807) is 18.3 Å². The van der Waals surface area contributed by atoms with Crippen molar-refractivity contribution >= 4 is 28.6 Å². The maximum atomic E-state index is 11.6. The molecule has 0 saturated heterocycles. The lowest BCUT2D eigenvalue weighted by Gasteiger charge is -2.02. The van der Waals surface area contributed by atoms with Gasteiger partial charge in [0.05, 0.1) is 19.0 Å². The fourth-order valence-electron chi connectivity index (χ4n) is 1.89. The SMILES string of the molecule is COC(=O)c1cc2cc(NC(=O)C3CC3)cnc2[nH]1. The first kappa shape index (κ1) is 11.7. The summed E-state index contributed by atoms with van der Waals surface area (Å²) >= 11 is 0. The van der Waals surface area contributed by atoms with Crippen molar-refractivity contribution in [2.45, 2.75) is 12.8 Å². The zero-order valence-electron chi connectivity index (χ0n) is 10.4. The summed E-state index contributed by atoms with van der Waals surface area (Å²) in [5.41, 5.74) is 1.57. The molecule has 2 heterocycles. The minimum atomic E-state index is -0.443. The average molecular weight is 259 g/mol. The van der Waals surface area contributed by atoms with Crippen molar-refractivity contribution in [2.75, 3.05) is 12.4 Å². The van der Waals surface area contributed by atoms with E-state index in [1.807, 2.05) is 0 Å². The number of ether oxygens (including phenoxy) is 1.